The highest BCUT2D eigenvalue weighted by Crippen LogP contribution is 2.18. The molecule has 5 nitrogen and oxygen atoms in total. The molecule has 142 valence electrons. The van der Waals surface area contributed by atoms with Crippen LogP contribution in [0.3, 0.4) is 0 Å². The molecule has 0 aliphatic carbocycles. The molecule has 0 heterocycles. The summed E-state index contributed by atoms with van der Waals surface area (Å²) >= 11 is 0. The maximum absolute atomic E-state index is 12.1. The van der Waals surface area contributed by atoms with Gasteiger partial charge in [0.2, 0.25) is 0 Å². The van der Waals surface area contributed by atoms with Crippen LogP contribution in [0.5, 0.6) is 5.75 Å². The first-order chi connectivity index (χ1) is 12.8. The van der Waals surface area contributed by atoms with Gasteiger partial charge in [-0.1, -0.05) is 24.3 Å². The summed E-state index contributed by atoms with van der Waals surface area (Å²) in [6.45, 7) is -0.735. The molecular formula is C19H18F3N3O2. The molecule has 2 amide bonds. The van der Waals surface area contributed by atoms with Crippen LogP contribution in [0.4, 0.5) is 18.0 Å². The number of alkyl halides is 3. The van der Waals surface area contributed by atoms with E-state index in [1.54, 1.807) is 43.4 Å². The Morgan fingerprint density at radius 3 is 2.26 bits per heavy atom. The van der Waals surface area contributed by atoms with Crippen molar-refractivity contribution in [3.63, 3.8) is 0 Å². The van der Waals surface area contributed by atoms with Crippen LogP contribution in [0.1, 0.15) is 16.7 Å². The zero-order valence-electron chi connectivity index (χ0n) is 14.6. The van der Waals surface area contributed by atoms with Crippen molar-refractivity contribution in [2.75, 3.05) is 13.7 Å². The second-order valence-electron chi connectivity index (χ2n) is 5.87. The van der Waals surface area contributed by atoms with Gasteiger partial charge in [-0.25, -0.2) is 4.79 Å². The van der Waals surface area contributed by atoms with E-state index < -0.39 is 12.8 Å². The Labute approximate surface area is 155 Å². The lowest BCUT2D eigenvalue weighted by atomic mass is 10.1. The number of hydrogen-bond donors (Lipinski definition) is 1. The predicted octanol–water partition coefficient (Wildman–Crippen LogP) is 3.84. The molecular weight excluding hydrogens is 359 g/mol. The molecule has 1 N–H and O–H groups in total. The van der Waals surface area contributed by atoms with Crippen molar-refractivity contribution >= 4 is 6.03 Å². The Morgan fingerprint density at radius 1 is 1.11 bits per heavy atom. The molecule has 0 saturated carbocycles. The number of urea groups is 1. The van der Waals surface area contributed by atoms with Gasteiger partial charge < -0.3 is 15.0 Å². The SMILES string of the molecule is CN(Cc1ccc(C#N)cc1)C(=O)NCc1ccc(OCC(F)(F)F)cc1. The van der Waals surface area contributed by atoms with Gasteiger partial charge in [-0.2, -0.15) is 18.4 Å². The molecule has 2 aromatic rings. The number of nitriles is 1. The number of hydrogen-bond acceptors (Lipinski definition) is 3. The monoisotopic (exact) mass is 377 g/mol. The first-order valence-electron chi connectivity index (χ1n) is 8.03. The van der Waals surface area contributed by atoms with Crippen molar-refractivity contribution in [2.24, 2.45) is 0 Å². The fourth-order valence-corrected chi connectivity index (χ4v) is 2.21. The van der Waals surface area contributed by atoms with Gasteiger partial charge in [-0.05, 0) is 35.4 Å². The van der Waals surface area contributed by atoms with Crippen LogP contribution in [0.2, 0.25) is 0 Å². The lowest BCUT2D eigenvalue weighted by molar-refractivity contribution is -0.153. The van der Waals surface area contributed by atoms with E-state index in [9.17, 15) is 18.0 Å². The minimum absolute atomic E-state index is 0.111. The van der Waals surface area contributed by atoms with Crippen molar-refractivity contribution < 1.29 is 22.7 Å². The second-order valence-corrected chi connectivity index (χ2v) is 5.87. The van der Waals surface area contributed by atoms with Crippen molar-refractivity contribution in [3.8, 4) is 11.8 Å². The van der Waals surface area contributed by atoms with Crippen molar-refractivity contribution in [3.05, 3.63) is 65.2 Å². The summed E-state index contributed by atoms with van der Waals surface area (Å²) in [5.74, 6) is 0.111. The van der Waals surface area contributed by atoms with Crippen LogP contribution in [-0.4, -0.2) is 30.8 Å². The molecule has 0 fully saturated rings. The molecule has 0 spiro atoms. The van der Waals surface area contributed by atoms with E-state index in [1.807, 2.05) is 6.07 Å². The van der Waals surface area contributed by atoms with Gasteiger partial charge >= 0.3 is 12.2 Å². The number of halogens is 3. The van der Waals surface area contributed by atoms with E-state index in [1.165, 1.54) is 17.0 Å². The third-order valence-corrected chi connectivity index (χ3v) is 3.62. The fourth-order valence-electron chi connectivity index (χ4n) is 2.21. The van der Waals surface area contributed by atoms with Crippen LogP contribution in [0.25, 0.3) is 0 Å². The molecule has 0 bridgehead atoms. The second kappa shape index (κ2) is 8.94. The quantitative estimate of drug-likeness (QED) is 0.832. The lowest BCUT2D eigenvalue weighted by Gasteiger charge is -2.18. The van der Waals surface area contributed by atoms with Gasteiger partial charge in [0.05, 0.1) is 11.6 Å². The van der Waals surface area contributed by atoms with E-state index in [2.05, 4.69) is 10.1 Å². The average Bonchev–Trinajstić information content (AvgIpc) is 2.65. The maximum atomic E-state index is 12.1. The topological polar surface area (TPSA) is 65.4 Å². The first kappa shape index (κ1) is 20.1. The number of benzene rings is 2. The van der Waals surface area contributed by atoms with E-state index in [4.69, 9.17) is 5.26 Å². The van der Waals surface area contributed by atoms with Gasteiger partial charge in [0, 0.05) is 20.1 Å². The maximum Gasteiger partial charge on any atom is 0.422 e. The molecule has 8 heteroatoms. The lowest BCUT2D eigenvalue weighted by Crippen LogP contribution is -2.36. The number of nitrogens with zero attached hydrogens (tertiary/aromatic N) is 2. The largest absolute Gasteiger partial charge is 0.484 e. The normalized spacial score (nSPS) is 10.8. The average molecular weight is 377 g/mol. The van der Waals surface area contributed by atoms with E-state index in [0.29, 0.717) is 12.1 Å². The van der Waals surface area contributed by atoms with Gasteiger partial charge in [0.25, 0.3) is 0 Å². The number of carbonyl (C=O) groups is 1. The van der Waals surface area contributed by atoms with Crippen LogP contribution >= 0.6 is 0 Å². The summed E-state index contributed by atoms with van der Waals surface area (Å²) in [7, 11) is 1.64. The van der Waals surface area contributed by atoms with Crippen LogP contribution in [-0.2, 0) is 13.1 Å². The fraction of sp³-hybridized carbons (Fsp3) is 0.263. The van der Waals surface area contributed by atoms with Gasteiger partial charge in [0.1, 0.15) is 5.75 Å². The summed E-state index contributed by atoms with van der Waals surface area (Å²) in [5, 5.41) is 11.5. The molecule has 2 aromatic carbocycles. The van der Waals surface area contributed by atoms with Crippen LogP contribution in [0.15, 0.2) is 48.5 Å². The summed E-state index contributed by atoms with van der Waals surface area (Å²) in [6.07, 6.45) is -4.38. The molecule has 0 radical (unpaired) electrons. The van der Waals surface area contributed by atoms with E-state index >= 15 is 0 Å². The molecule has 0 atom stereocenters. The zero-order valence-corrected chi connectivity index (χ0v) is 14.6. The van der Waals surface area contributed by atoms with Crippen molar-refractivity contribution in [1.82, 2.24) is 10.2 Å². The standard InChI is InChI=1S/C19H18F3N3O2/c1-25(12-16-4-2-14(10-23)3-5-16)18(26)24-11-15-6-8-17(9-7-15)27-13-19(20,21)22/h2-9H,11-13H2,1H3,(H,24,26). The summed E-state index contributed by atoms with van der Waals surface area (Å²) < 4.78 is 41.0. The molecule has 0 aliphatic rings. The number of ether oxygens (including phenoxy) is 1. The van der Waals surface area contributed by atoms with Crippen molar-refractivity contribution in [2.45, 2.75) is 19.3 Å². The third-order valence-electron chi connectivity index (χ3n) is 3.62. The Hall–Kier alpha value is -3.21. The first-order valence-corrected chi connectivity index (χ1v) is 8.03. The minimum Gasteiger partial charge on any atom is -0.484 e. The van der Waals surface area contributed by atoms with Crippen LogP contribution in [0, 0.1) is 11.3 Å². The van der Waals surface area contributed by atoms with Crippen molar-refractivity contribution in [1.29, 1.82) is 5.26 Å². The highest BCUT2D eigenvalue weighted by molar-refractivity contribution is 5.73. The highest BCUT2D eigenvalue weighted by Gasteiger charge is 2.28. The molecule has 0 aromatic heterocycles. The summed E-state index contributed by atoms with van der Waals surface area (Å²) in [4.78, 5) is 13.6. The van der Waals surface area contributed by atoms with Crippen LogP contribution < -0.4 is 10.1 Å². The Balaban J connectivity index is 1.80. The molecule has 0 saturated heterocycles. The van der Waals surface area contributed by atoms with Gasteiger partial charge in [0.15, 0.2) is 6.61 Å². The number of carbonyl (C=O) groups excluding carboxylic acids is 1. The Morgan fingerprint density at radius 2 is 1.70 bits per heavy atom. The molecule has 27 heavy (non-hydrogen) atoms. The molecule has 2 rings (SSSR count). The van der Waals surface area contributed by atoms with Gasteiger partial charge in [-0.15, -0.1) is 0 Å². The minimum atomic E-state index is -4.38. The number of amides is 2. The molecule has 0 aliphatic heterocycles. The zero-order chi connectivity index (χ0) is 19.9. The Bertz CT molecular complexity index is 797. The Kier molecular flexibility index (Phi) is 6.66. The number of nitrogens with one attached hydrogen (secondary N) is 1. The summed E-state index contributed by atoms with van der Waals surface area (Å²) in [5.41, 5.74) is 2.17. The molecule has 0 unspecified atom stereocenters. The summed E-state index contributed by atoms with van der Waals surface area (Å²) in [6, 6.07) is 14.7. The predicted molar refractivity (Wildman–Crippen MR) is 92.9 cm³/mol. The smallest absolute Gasteiger partial charge is 0.422 e. The van der Waals surface area contributed by atoms with E-state index in [0.717, 1.165) is 11.1 Å². The number of rotatable bonds is 6. The van der Waals surface area contributed by atoms with E-state index in [-0.39, 0.29) is 18.3 Å². The highest BCUT2D eigenvalue weighted by atomic mass is 19.4. The third kappa shape index (κ3) is 6.90. The van der Waals surface area contributed by atoms with Gasteiger partial charge in [-0.3, -0.25) is 0 Å².